The summed E-state index contributed by atoms with van der Waals surface area (Å²) in [5, 5.41) is 37.5. The zero-order chi connectivity index (χ0) is 15.3. The molecule has 0 aromatic heterocycles. The highest BCUT2D eigenvalue weighted by atomic mass is 16.7. The molecule has 6 atom stereocenters. The molecule has 0 saturated carbocycles. The van der Waals surface area contributed by atoms with Gasteiger partial charge in [0.25, 0.3) is 0 Å². The number of aliphatic hydroxyl groups excluding tert-OH is 3. The first kappa shape index (κ1) is 17.3. The van der Waals surface area contributed by atoms with Gasteiger partial charge in [0, 0.05) is 6.42 Å². The molecule has 1 aliphatic rings. The first-order valence-corrected chi connectivity index (χ1v) is 6.89. The molecule has 0 aromatic carbocycles. The van der Waals surface area contributed by atoms with Gasteiger partial charge in [-0.3, -0.25) is 4.79 Å². The molecule has 4 N–H and O–H groups in total. The summed E-state index contributed by atoms with van der Waals surface area (Å²) < 4.78 is 10.8. The van der Waals surface area contributed by atoms with Gasteiger partial charge in [-0.05, 0) is 26.7 Å². The molecule has 0 unspecified atom stereocenters. The van der Waals surface area contributed by atoms with Crippen LogP contribution in [0, 0.1) is 0 Å². The number of carbonyl (C=O) groups is 1. The Morgan fingerprint density at radius 2 is 1.85 bits per heavy atom. The molecule has 1 saturated heterocycles. The number of carboxylic acid groups (broad SMARTS) is 1. The van der Waals surface area contributed by atoms with Gasteiger partial charge in [0.15, 0.2) is 6.29 Å². The first-order valence-electron chi connectivity index (χ1n) is 6.89. The van der Waals surface area contributed by atoms with Crippen LogP contribution in [0.5, 0.6) is 0 Å². The summed E-state index contributed by atoms with van der Waals surface area (Å²) in [6, 6.07) is 0. The minimum atomic E-state index is -1.30. The predicted molar refractivity (Wildman–Crippen MR) is 69.0 cm³/mol. The summed E-state index contributed by atoms with van der Waals surface area (Å²) in [4.78, 5) is 10.4. The number of aliphatic carboxylic acids is 1. The predicted octanol–water partition coefficient (Wildman–Crippen LogP) is -0.136. The lowest BCUT2D eigenvalue weighted by atomic mass is 10.00. The van der Waals surface area contributed by atoms with E-state index in [1.54, 1.807) is 13.8 Å². The molecule has 7 nitrogen and oxygen atoms in total. The molecule has 1 rings (SSSR count). The molecule has 0 bridgehead atoms. The van der Waals surface area contributed by atoms with Gasteiger partial charge in [0.2, 0.25) is 0 Å². The van der Waals surface area contributed by atoms with Crippen LogP contribution in [0.3, 0.4) is 0 Å². The van der Waals surface area contributed by atoms with Crippen molar-refractivity contribution >= 4 is 5.97 Å². The van der Waals surface area contributed by atoms with Gasteiger partial charge in [0.1, 0.15) is 18.3 Å². The van der Waals surface area contributed by atoms with E-state index in [2.05, 4.69) is 0 Å². The smallest absolute Gasteiger partial charge is 0.303 e. The van der Waals surface area contributed by atoms with Crippen molar-refractivity contribution in [1.82, 2.24) is 0 Å². The fraction of sp³-hybridized carbons (Fsp3) is 0.923. The number of aliphatic hydroxyl groups is 3. The number of carboxylic acids is 1. The molecule has 0 radical (unpaired) electrons. The number of ether oxygens (including phenoxy) is 2. The zero-order valence-corrected chi connectivity index (χ0v) is 11.8. The molecule has 118 valence electrons. The third-order valence-electron chi connectivity index (χ3n) is 3.43. The molecule has 1 heterocycles. The molecule has 0 aliphatic carbocycles. The Morgan fingerprint density at radius 1 is 1.20 bits per heavy atom. The summed E-state index contributed by atoms with van der Waals surface area (Å²) >= 11 is 0. The van der Waals surface area contributed by atoms with E-state index < -0.39 is 36.7 Å². The maximum atomic E-state index is 10.4. The van der Waals surface area contributed by atoms with E-state index in [0.29, 0.717) is 19.3 Å². The SMILES string of the molecule is C[C@H](CCCCC(=O)O)O[C@@H]1O[C@@H](C)[C@H](O)[C@@H](O)[C@H]1O. The quantitative estimate of drug-likeness (QED) is 0.483. The number of rotatable bonds is 7. The van der Waals surface area contributed by atoms with Gasteiger partial charge in [-0.2, -0.15) is 0 Å². The van der Waals surface area contributed by atoms with E-state index in [9.17, 15) is 20.1 Å². The van der Waals surface area contributed by atoms with Crippen molar-refractivity contribution in [1.29, 1.82) is 0 Å². The third-order valence-corrected chi connectivity index (χ3v) is 3.43. The van der Waals surface area contributed by atoms with Crippen molar-refractivity contribution in [2.24, 2.45) is 0 Å². The summed E-state index contributed by atoms with van der Waals surface area (Å²) in [6.45, 7) is 3.38. The van der Waals surface area contributed by atoms with Gasteiger partial charge < -0.3 is 29.9 Å². The van der Waals surface area contributed by atoms with Crippen molar-refractivity contribution < 1.29 is 34.7 Å². The van der Waals surface area contributed by atoms with Crippen molar-refractivity contribution in [3.05, 3.63) is 0 Å². The standard InChI is InChI=1S/C13H24O7/c1-7(5-3-4-6-9(14)15)19-13-12(18)11(17)10(16)8(2)20-13/h7-8,10-13,16-18H,3-6H2,1-2H3,(H,14,15)/t7-,8+,10+,11-,12-,13-/m1/s1. The Kier molecular flexibility index (Phi) is 6.84. The molecule has 1 fully saturated rings. The van der Waals surface area contributed by atoms with E-state index in [1.165, 1.54) is 0 Å². The largest absolute Gasteiger partial charge is 0.481 e. The average molecular weight is 292 g/mol. The van der Waals surface area contributed by atoms with Crippen LogP contribution in [-0.2, 0) is 14.3 Å². The maximum Gasteiger partial charge on any atom is 0.303 e. The lowest BCUT2D eigenvalue weighted by molar-refractivity contribution is -0.303. The lowest BCUT2D eigenvalue weighted by Crippen LogP contribution is -2.57. The van der Waals surface area contributed by atoms with Gasteiger partial charge >= 0.3 is 5.97 Å². The van der Waals surface area contributed by atoms with Crippen molar-refractivity contribution in [2.75, 3.05) is 0 Å². The number of hydrogen-bond acceptors (Lipinski definition) is 6. The molecular formula is C13H24O7. The molecule has 0 aromatic rings. The van der Waals surface area contributed by atoms with Crippen molar-refractivity contribution in [3.8, 4) is 0 Å². The minimum absolute atomic E-state index is 0.122. The normalized spacial score (nSPS) is 35.8. The Hall–Kier alpha value is -0.730. The Balaban J connectivity index is 2.33. The maximum absolute atomic E-state index is 10.4. The highest BCUT2D eigenvalue weighted by molar-refractivity contribution is 5.66. The van der Waals surface area contributed by atoms with Crippen LogP contribution in [0.2, 0.25) is 0 Å². The van der Waals surface area contributed by atoms with Crippen LogP contribution in [0.4, 0.5) is 0 Å². The second kappa shape index (κ2) is 7.90. The fourth-order valence-corrected chi connectivity index (χ4v) is 2.13. The fourth-order valence-electron chi connectivity index (χ4n) is 2.13. The highest BCUT2D eigenvalue weighted by Crippen LogP contribution is 2.23. The van der Waals surface area contributed by atoms with E-state index >= 15 is 0 Å². The van der Waals surface area contributed by atoms with Crippen LogP contribution in [0.1, 0.15) is 39.5 Å². The summed E-state index contributed by atoms with van der Waals surface area (Å²) in [5.41, 5.74) is 0. The van der Waals surface area contributed by atoms with Crippen LogP contribution in [-0.4, -0.2) is 63.2 Å². The minimum Gasteiger partial charge on any atom is -0.481 e. The Labute approximate surface area is 118 Å². The molecule has 7 heteroatoms. The van der Waals surface area contributed by atoms with Crippen LogP contribution < -0.4 is 0 Å². The van der Waals surface area contributed by atoms with Gasteiger partial charge in [-0.25, -0.2) is 0 Å². The van der Waals surface area contributed by atoms with Crippen LogP contribution in [0.15, 0.2) is 0 Å². The topological polar surface area (TPSA) is 116 Å². The van der Waals surface area contributed by atoms with Gasteiger partial charge in [-0.15, -0.1) is 0 Å². The molecule has 0 spiro atoms. The Bertz CT molecular complexity index is 309. The third kappa shape index (κ3) is 4.99. The zero-order valence-electron chi connectivity index (χ0n) is 11.8. The van der Waals surface area contributed by atoms with Gasteiger partial charge in [-0.1, -0.05) is 6.42 Å². The number of hydrogen-bond donors (Lipinski definition) is 4. The van der Waals surface area contributed by atoms with Crippen LogP contribution >= 0.6 is 0 Å². The molecule has 1 aliphatic heterocycles. The summed E-state index contributed by atoms with van der Waals surface area (Å²) in [5.74, 6) is -0.824. The average Bonchev–Trinajstić information content (AvgIpc) is 2.38. The van der Waals surface area contributed by atoms with E-state index in [0.717, 1.165) is 0 Å². The van der Waals surface area contributed by atoms with E-state index in [4.69, 9.17) is 14.6 Å². The van der Waals surface area contributed by atoms with Crippen molar-refractivity contribution in [3.63, 3.8) is 0 Å². The monoisotopic (exact) mass is 292 g/mol. The van der Waals surface area contributed by atoms with E-state index in [-0.39, 0.29) is 12.5 Å². The molecular weight excluding hydrogens is 268 g/mol. The van der Waals surface area contributed by atoms with E-state index in [1.807, 2.05) is 0 Å². The highest BCUT2D eigenvalue weighted by Gasteiger charge is 2.42. The number of unbranched alkanes of at least 4 members (excludes halogenated alkanes) is 1. The molecule has 20 heavy (non-hydrogen) atoms. The second-order valence-electron chi connectivity index (χ2n) is 5.27. The Morgan fingerprint density at radius 3 is 2.45 bits per heavy atom. The summed E-state index contributed by atoms with van der Waals surface area (Å²) in [7, 11) is 0. The molecule has 0 amide bonds. The van der Waals surface area contributed by atoms with Gasteiger partial charge in [0.05, 0.1) is 12.2 Å². The summed E-state index contributed by atoms with van der Waals surface area (Å²) in [6.07, 6.45) is -3.59. The lowest BCUT2D eigenvalue weighted by Gasteiger charge is -2.39. The second-order valence-corrected chi connectivity index (χ2v) is 5.27. The first-order chi connectivity index (χ1) is 9.32. The van der Waals surface area contributed by atoms with Crippen LogP contribution in [0.25, 0.3) is 0 Å². The van der Waals surface area contributed by atoms with Crippen molar-refractivity contribution in [2.45, 2.75) is 76.3 Å².